The van der Waals surface area contributed by atoms with Crippen LogP contribution in [0.1, 0.15) is 12.7 Å². The van der Waals surface area contributed by atoms with Gasteiger partial charge in [0.15, 0.2) is 0 Å². The van der Waals surface area contributed by atoms with Crippen LogP contribution in [-0.2, 0) is 6.42 Å². The second kappa shape index (κ2) is 3.62. The minimum Gasteiger partial charge on any atom is -0.494 e. The summed E-state index contributed by atoms with van der Waals surface area (Å²) in [5.41, 5.74) is 0.891. The highest BCUT2D eigenvalue weighted by atomic mass is 16.5. The molecule has 0 aliphatic heterocycles. The molecule has 0 amide bonds. The average molecular weight is 188 g/mol. The summed E-state index contributed by atoms with van der Waals surface area (Å²) >= 11 is 0. The van der Waals surface area contributed by atoms with E-state index >= 15 is 0 Å². The van der Waals surface area contributed by atoms with Crippen LogP contribution in [0, 0.1) is 0 Å². The highest BCUT2D eigenvalue weighted by molar-refractivity contribution is 5.83. The first kappa shape index (κ1) is 8.94. The van der Waals surface area contributed by atoms with Gasteiger partial charge in [-0.25, -0.2) is 9.97 Å². The lowest BCUT2D eigenvalue weighted by atomic mass is 10.2. The lowest BCUT2D eigenvalue weighted by Gasteiger charge is -2.04. The van der Waals surface area contributed by atoms with Crippen LogP contribution < -0.4 is 4.74 Å². The molecule has 1 heterocycles. The van der Waals surface area contributed by atoms with Crippen molar-refractivity contribution < 1.29 is 4.74 Å². The Morgan fingerprint density at radius 2 is 2.21 bits per heavy atom. The standard InChI is InChI=1S/C11H12N2O/c1-3-10-12-7-8-5-4-6-9(14-2)11(8)13-10/h4-7H,3H2,1-2H3. The highest BCUT2D eigenvalue weighted by Gasteiger charge is 2.03. The third kappa shape index (κ3) is 1.41. The summed E-state index contributed by atoms with van der Waals surface area (Å²) < 4.78 is 5.24. The third-order valence-corrected chi connectivity index (χ3v) is 2.16. The van der Waals surface area contributed by atoms with E-state index in [0.29, 0.717) is 0 Å². The molecule has 14 heavy (non-hydrogen) atoms. The van der Waals surface area contributed by atoms with E-state index in [0.717, 1.165) is 28.9 Å². The number of para-hydroxylation sites is 1. The number of fused-ring (bicyclic) bond motifs is 1. The Kier molecular flexibility index (Phi) is 2.31. The van der Waals surface area contributed by atoms with Crippen molar-refractivity contribution in [2.45, 2.75) is 13.3 Å². The van der Waals surface area contributed by atoms with Crippen LogP contribution in [0.4, 0.5) is 0 Å². The van der Waals surface area contributed by atoms with Crippen LogP contribution in [0.2, 0.25) is 0 Å². The van der Waals surface area contributed by atoms with Crippen molar-refractivity contribution >= 4 is 10.9 Å². The van der Waals surface area contributed by atoms with Crippen LogP contribution in [0.25, 0.3) is 10.9 Å². The number of ether oxygens (including phenoxy) is 1. The van der Waals surface area contributed by atoms with Crippen LogP contribution in [-0.4, -0.2) is 17.1 Å². The van der Waals surface area contributed by atoms with Crippen molar-refractivity contribution in [2.24, 2.45) is 0 Å². The number of nitrogens with zero attached hydrogens (tertiary/aromatic N) is 2. The topological polar surface area (TPSA) is 35.0 Å². The summed E-state index contributed by atoms with van der Waals surface area (Å²) in [7, 11) is 1.66. The number of aromatic nitrogens is 2. The van der Waals surface area contributed by atoms with Gasteiger partial charge in [0.2, 0.25) is 0 Å². The minimum atomic E-state index is 0.805. The molecule has 0 fully saturated rings. The predicted octanol–water partition coefficient (Wildman–Crippen LogP) is 2.20. The molecule has 0 unspecified atom stereocenters. The monoisotopic (exact) mass is 188 g/mol. The maximum absolute atomic E-state index is 5.24. The van der Waals surface area contributed by atoms with E-state index in [1.165, 1.54) is 0 Å². The summed E-state index contributed by atoms with van der Waals surface area (Å²) in [6, 6.07) is 5.84. The molecule has 1 aromatic heterocycles. The molecule has 2 aromatic rings. The summed E-state index contributed by atoms with van der Waals surface area (Å²) in [5, 5.41) is 1.02. The summed E-state index contributed by atoms with van der Waals surface area (Å²) in [5.74, 6) is 1.65. The normalized spacial score (nSPS) is 10.4. The van der Waals surface area contributed by atoms with Crippen molar-refractivity contribution in [2.75, 3.05) is 7.11 Å². The van der Waals surface area contributed by atoms with Gasteiger partial charge >= 0.3 is 0 Å². The van der Waals surface area contributed by atoms with Gasteiger partial charge in [0.05, 0.1) is 7.11 Å². The van der Waals surface area contributed by atoms with Crippen molar-refractivity contribution in [3.8, 4) is 5.75 Å². The van der Waals surface area contributed by atoms with E-state index in [1.807, 2.05) is 31.3 Å². The first-order valence-electron chi connectivity index (χ1n) is 4.63. The Morgan fingerprint density at radius 1 is 1.36 bits per heavy atom. The largest absolute Gasteiger partial charge is 0.494 e. The Morgan fingerprint density at radius 3 is 2.93 bits per heavy atom. The highest BCUT2D eigenvalue weighted by Crippen LogP contribution is 2.22. The molecular formula is C11H12N2O. The predicted molar refractivity (Wildman–Crippen MR) is 55.5 cm³/mol. The van der Waals surface area contributed by atoms with E-state index in [4.69, 9.17) is 4.74 Å². The molecule has 0 atom stereocenters. The lowest BCUT2D eigenvalue weighted by Crippen LogP contribution is -1.94. The second-order valence-corrected chi connectivity index (χ2v) is 3.04. The van der Waals surface area contributed by atoms with E-state index in [-0.39, 0.29) is 0 Å². The first-order valence-corrected chi connectivity index (χ1v) is 4.63. The van der Waals surface area contributed by atoms with Gasteiger partial charge in [-0.15, -0.1) is 0 Å². The van der Waals surface area contributed by atoms with Gasteiger partial charge in [-0.3, -0.25) is 0 Å². The SMILES string of the molecule is CCc1ncc2cccc(OC)c2n1. The summed E-state index contributed by atoms with van der Waals surface area (Å²) in [6.07, 6.45) is 2.68. The lowest BCUT2D eigenvalue weighted by molar-refractivity contribution is 0.418. The Labute approximate surface area is 82.8 Å². The Hall–Kier alpha value is -1.64. The number of methoxy groups -OCH3 is 1. The molecule has 0 saturated heterocycles. The quantitative estimate of drug-likeness (QED) is 0.724. The first-order chi connectivity index (χ1) is 6.85. The maximum Gasteiger partial charge on any atom is 0.145 e. The van der Waals surface area contributed by atoms with Crippen LogP contribution in [0.3, 0.4) is 0 Å². The van der Waals surface area contributed by atoms with Crippen LogP contribution in [0.15, 0.2) is 24.4 Å². The van der Waals surface area contributed by atoms with E-state index in [2.05, 4.69) is 9.97 Å². The molecule has 0 N–H and O–H groups in total. The van der Waals surface area contributed by atoms with Gasteiger partial charge < -0.3 is 4.74 Å². The van der Waals surface area contributed by atoms with Crippen molar-refractivity contribution in [3.05, 3.63) is 30.2 Å². The summed E-state index contributed by atoms with van der Waals surface area (Å²) in [6.45, 7) is 2.04. The average Bonchev–Trinajstić information content (AvgIpc) is 2.27. The zero-order valence-electron chi connectivity index (χ0n) is 8.32. The Bertz CT molecular complexity index is 454. The fraction of sp³-hybridized carbons (Fsp3) is 0.273. The number of rotatable bonds is 2. The van der Waals surface area contributed by atoms with Gasteiger partial charge in [-0.2, -0.15) is 0 Å². The molecule has 1 aromatic carbocycles. The third-order valence-electron chi connectivity index (χ3n) is 2.16. The number of aryl methyl sites for hydroxylation is 1. The maximum atomic E-state index is 5.24. The second-order valence-electron chi connectivity index (χ2n) is 3.04. The molecule has 0 aliphatic rings. The number of benzene rings is 1. The van der Waals surface area contributed by atoms with Crippen LogP contribution in [0.5, 0.6) is 5.75 Å². The van der Waals surface area contributed by atoms with Gasteiger partial charge in [0.1, 0.15) is 17.1 Å². The zero-order valence-corrected chi connectivity index (χ0v) is 8.32. The molecule has 0 radical (unpaired) electrons. The van der Waals surface area contributed by atoms with Gasteiger partial charge in [0.25, 0.3) is 0 Å². The van der Waals surface area contributed by atoms with Gasteiger partial charge in [0, 0.05) is 18.0 Å². The molecule has 0 spiro atoms. The zero-order chi connectivity index (χ0) is 9.97. The molecule has 2 rings (SSSR count). The molecule has 3 heteroatoms. The van der Waals surface area contributed by atoms with Crippen molar-refractivity contribution in [1.29, 1.82) is 0 Å². The van der Waals surface area contributed by atoms with E-state index in [9.17, 15) is 0 Å². The summed E-state index contributed by atoms with van der Waals surface area (Å²) in [4.78, 5) is 8.66. The smallest absolute Gasteiger partial charge is 0.145 e. The van der Waals surface area contributed by atoms with Gasteiger partial charge in [-0.1, -0.05) is 19.1 Å². The molecule has 0 saturated carbocycles. The molecule has 3 nitrogen and oxygen atoms in total. The van der Waals surface area contributed by atoms with E-state index in [1.54, 1.807) is 7.11 Å². The fourth-order valence-electron chi connectivity index (χ4n) is 1.40. The van der Waals surface area contributed by atoms with Gasteiger partial charge in [-0.05, 0) is 6.07 Å². The molecule has 0 aliphatic carbocycles. The molecule has 72 valence electrons. The number of hydrogen-bond donors (Lipinski definition) is 0. The number of hydrogen-bond acceptors (Lipinski definition) is 3. The Balaban J connectivity index is 2.70. The van der Waals surface area contributed by atoms with Crippen LogP contribution >= 0.6 is 0 Å². The van der Waals surface area contributed by atoms with E-state index < -0.39 is 0 Å². The minimum absolute atomic E-state index is 0.805. The van der Waals surface area contributed by atoms with Crippen molar-refractivity contribution in [3.63, 3.8) is 0 Å². The molecular weight excluding hydrogens is 176 g/mol. The fourth-order valence-corrected chi connectivity index (χ4v) is 1.40. The molecule has 0 bridgehead atoms. The van der Waals surface area contributed by atoms with Crippen molar-refractivity contribution in [1.82, 2.24) is 9.97 Å².